The lowest BCUT2D eigenvalue weighted by atomic mass is 9.89. The molecule has 0 saturated carbocycles. The van der Waals surface area contributed by atoms with E-state index in [-0.39, 0.29) is 73.1 Å². The van der Waals surface area contributed by atoms with Crippen molar-refractivity contribution >= 4 is 47.3 Å². The molecule has 368 valence electrons. The Morgan fingerprint density at radius 1 is 0.833 bits per heavy atom. The zero-order chi connectivity index (χ0) is 49.4. The van der Waals surface area contributed by atoms with Crippen molar-refractivity contribution in [1.29, 1.82) is 0 Å². The first kappa shape index (κ1) is 55.2. The van der Waals surface area contributed by atoms with Gasteiger partial charge in [-0.05, 0) is 49.0 Å². The van der Waals surface area contributed by atoms with Crippen molar-refractivity contribution in [2.45, 2.75) is 149 Å². The van der Waals surface area contributed by atoms with E-state index in [1.165, 1.54) is 36.2 Å². The molecule has 0 aromatic heterocycles. The van der Waals surface area contributed by atoms with Crippen molar-refractivity contribution < 1.29 is 52.9 Å². The third-order valence-corrected chi connectivity index (χ3v) is 13.3. The van der Waals surface area contributed by atoms with Gasteiger partial charge in [-0.3, -0.25) is 38.5 Å². The zero-order valence-corrected chi connectivity index (χ0v) is 41.0. The average Bonchev–Trinajstić information content (AvgIpc) is 3.89. The summed E-state index contributed by atoms with van der Waals surface area (Å²) in [6.45, 7) is 13.6. The number of amides is 7. The number of benzene rings is 1. The number of likely N-dealkylation sites (tertiary alicyclic amines) is 1. The summed E-state index contributed by atoms with van der Waals surface area (Å²) in [5, 5.41) is 15.6. The fourth-order valence-electron chi connectivity index (χ4n) is 9.26. The fourth-order valence-corrected chi connectivity index (χ4v) is 9.26. The molecular formula is C49H76N6O11. The minimum absolute atomic E-state index is 0.0818. The van der Waals surface area contributed by atoms with Gasteiger partial charge in [0.25, 0.3) is 11.8 Å². The third kappa shape index (κ3) is 14.7. The number of carboxylic acids is 1. The second-order valence-corrected chi connectivity index (χ2v) is 18.6. The van der Waals surface area contributed by atoms with Gasteiger partial charge in [-0.2, -0.15) is 0 Å². The van der Waals surface area contributed by atoms with E-state index >= 15 is 0 Å². The summed E-state index contributed by atoms with van der Waals surface area (Å²) in [4.78, 5) is 112. The lowest BCUT2D eigenvalue weighted by Crippen LogP contribution is -2.60. The quantitative estimate of drug-likeness (QED) is 0.0853. The number of nitrogens with one attached hydrogen (secondary N) is 2. The van der Waals surface area contributed by atoms with Gasteiger partial charge in [-0.15, -0.1) is 0 Å². The monoisotopic (exact) mass is 925 g/mol. The molecule has 1 saturated heterocycles. The Hall–Kier alpha value is -5.16. The standard InChI is InChI=1S/C49H76N6O11/c1-12-32(6)44(37(65-10)29-41(59)54-27-19-22-36(54)45(66-11)33(7)46(60)50-35(49(63)64)28-34-20-15-13-16-21-34)53(9)48(62)42(30(2)3)51-47(61)43(31(4)5)52(8)38(56)23-17-14-18-26-55-39(57)24-25-40(55)58/h13,15-16,20-21,24-25,30-33,35-37,42-45H,12,14,17-19,22-23,26-29H2,1-11H3,(H,50,60)(H,51,61)(H,63,64)/t32-,33+,35-,36-,37?,42-,43?,44?,45?/m0/s1. The Labute approximate surface area is 391 Å². The number of carbonyl (C=O) groups excluding carboxylic acids is 7. The normalized spacial score (nSPS) is 18.7. The molecule has 0 bridgehead atoms. The Morgan fingerprint density at radius 2 is 1.47 bits per heavy atom. The van der Waals surface area contributed by atoms with Crippen molar-refractivity contribution in [2.24, 2.45) is 23.7 Å². The molecule has 3 rings (SSSR count). The number of hydrogen-bond donors (Lipinski definition) is 3. The van der Waals surface area contributed by atoms with Crippen LogP contribution in [0.1, 0.15) is 105 Å². The van der Waals surface area contributed by atoms with Crippen LogP contribution in [0, 0.1) is 23.7 Å². The highest BCUT2D eigenvalue weighted by Gasteiger charge is 2.44. The molecule has 0 radical (unpaired) electrons. The number of imide groups is 1. The van der Waals surface area contributed by atoms with Crippen molar-refractivity contribution in [1.82, 2.24) is 30.2 Å². The van der Waals surface area contributed by atoms with Gasteiger partial charge in [0.05, 0.1) is 36.6 Å². The van der Waals surface area contributed by atoms with Gasteiger partial charge in [0.1, 0.15) is 18.1 Å². The van der Waals surface area contributed by atoms with Crippen LogP contribution in [0.4, 0.5) is 0 Å². The third-order valence-electron chi connectivity index (χ3n) is 13.3. The average molecular weight is 925 g/mol. The predicted octanol–water partition coefficient (Wildman–Crippen LogP) is 3.83. The Balaban J connectivity index is 1.71. The van der Waals surface area contributed by atoms with Crippen LogP contribution in [0.15, 0.2) is 42.5 Å². The van der Waals surface area contributed by atoms with E-state index in [0.717, 1.165) is 5.56 Å². The summed E-state index contributed by atoms with van der Waals surface area (Å²) in [6, 6.07) is 4.97. The van der Waals surface area contributed by atoms with Crippen molar-refractivity contribution in [2.75, 3.05) is 41.4 Å². The largest absolute Gasteiger partial charge is 0.480 e. The number of rotatable bonds is 27. The van der Waals surface area contributed by atoms with Crippen LogP contribution in [0.3, 0.4) is 0 Å². The molecule has 66 heavy (non-hydrogen) atoms. The molecular weight excluding hydrogens is 849 g/mol. The van der Waals surface area contributed by atoms with E-state index in [2.05, 4.69) is 10.6 Å². The van der Waals surface area contributed by atoms with Crippen LogP contribution in [-0.2, 0) is 54.3 Å². The summed E-state index contributed by atoms with van der Waals surface area (Å²) in [5.41, 5.74) is 0.762. The number of nitrogens with zero attached hydrogens (tertiary/aromatic N) is 4. The summed E-state index contributed by atoms with van der Waals surface area (Å²) in [7, 11) is 6.21. The first-order valence-corrected chi connectivity index (χ1v) is 23.5. The summed E-state index contributed by atoms with van der Waals surface area (Å²) < 4.78 is 11.9. The second kappa shape index (κ2) is 26.2. The second-order valence-electron chi connectivity index (χ2n) is 18.6. The van der Waals surface area contributed by atoms with E-state index in [1.54, 1.807) is 55.1 Å². The molecule has 2 aliphatic heterocycles. The van der Waals surface area contributed by atoms with E-state index < -0.39 is 66.1 Å². The molecule has 17 heteroatoms. The van der Waals surface area contributed by atoms with Gasteiger partial charge in [0.2, 0.25) is 29.5 Å². The molecule has 7 amide bonds. The van der Waals surface area contributed by atoms with Crippen LogP contribution in [0.2, 0.25) is 0 Å². The SMILES string of the molecule is CC[C@H](C)C(C(CC(=O)N1CCC[C@H]1C(OC)[C@@H](C)C(=O)N[C@@H](Cc1ccccc1)C(=O)O)OC)N(C)C(=O)[C@@H](NC(=O)C(C(C)C)N(C)C(=O)CCCCCN1C(=O)C=CC1=O)C(C)C. The highest BCUT2D eigenvalue weighted by molar-refractivity contribution is 6.12. The number of methoxy groups -OCH3 is 2. The molecule has 1 fully saturated rings. The van der Waals surface area contributed by atoms with Gasteiger partial charge in [0.15, 0.2) is 0 Å². The van der Waals surface area contributed by atoms with Crippen molar-refractivity contribution in [3.63, 3.8) is 0 Å². The van der Waals surface area contributed by atoms with Crippen molar-refractivity contribution in [3.05, 3.63) is 48.0 Å². The van der Waals surface area contributed by atoms with Crippen molar-refractivity contribution in [3.8, 4) is 0 Å². The molecule has 2 aliphatic rings. The summed E-state index contributed by atoms with van der Waals surface area (Å²) in [6.07, 6.45) is 4.72. The molecule has 2 heterocycles. The molecule has 1 aromatic carbocycles. The Bertz CT molecular complexity index is 1840. The van der Waals surface area contributed by atoms with Gasteiger partial charge < -0.3 is 39.9 Å². The Morgan fingerprint density at radius 3 is 2.02 bits per heavy atom. The highest BCUT2D eigenvalue weighted by atomic mass is 16.5. The molecule has 9 atom stereocenters. The molecule has 3 N–H and O–H groups in total. The lowest BCUT2D eigenvalue weighted by Gasteiger charge is -2.41. The van der Waals surface area contributed by atoms with Crippen LogP contribution < -0.4 is 10.6 Å². The number of unbranched alkanes of at least 4 members (excludes halogenated alkanes) is 2. The van der Waals surface area contributed by atoms with E-state index in [1.807, 2.05) is 47.6 Å². The predicted molar refractivity (Wildman–Crippen MR) is 248 cm³/mol. The van der Waals surface area contributed by atoms with E-state index in [9.17, 15) is 43.5 Å². The first-order valence-electron chi connectivity index (χ1n) is 23.5. The summed E-state index contributed by atoms with van der Waals surface area (Å²) >= 11 is 0. The van der Waals surface area contributed by atoms with Gasteiger partial charge >= 0.3 is 5.97 Å². The first-order chi connectivity index (χ1) is 31.2. The lowest BCUT2D eigenvalue weighted by molar-refractivity contribution is -0.149. The van der Waals surface area contributed by atoms with Gasteiger partial charge in [-0.1, -0.05) is 91.6 Å². The van der Waals surface area contributed by atoms with Crippen LogP contribution in [0.25, 0.3) is 0 Å². The molecule has 17 nitrogen and oxygen atoms in total. The molecule has 0 aliphatic carbocycles. The fraction of sp³-hybridized carbons (Fsp3) is 0.673. The Kier molecular flexibility index (Phi) is 21.9. The van der Waals surface area contributed by atoms with Gasteiger partial charge in [-0.25, -0.2) is 4.79 Å². The number of likely N-dealkylation sites (N-methyl/N-ethyl adjacent to an activating group) is 2. The molecule has 1 aromatic rings. The maximum Gasteiger partial charge on any atom is 0.326 e. The number of ether oxygens (including phenoxy) is 2. The number of aliphatic carboxylic acids is 1. The molecule has 4 unspecified atom stereocenters. The van der Waals surface area contributed by atoms with E-state index in [4.69, 9.17) is 9.47 Å². The number of carbonyl (C=O) groups is 8. The van der Waals surface area contributed by atoms with Crippen LogP contribution in [0.5, 0.6) is 0 Å². The minimum atomic E-state index is -1.16. The topological polar surface area (TPSA) is 212 Å². The maximum atomic E-state index is 14.6. The maximum absolute atomic E-state index is 14.6. The van der Waals surface area contributed by atoms with Crippen LogP contribution >= 0.6 is 0 Å². The zero-order valence-electron chi connectivity index (χ0n) is 41.0. The number of hydrogen-bond acceptors (Lipinski definition) is 10. The van der Waals surface area contributed by atoms with E-state index in [0.29, 0.717) is 45.1 Å². The highest BCUT2D eigenvalue weighted by Crippen LogP contribution is 2.30. The smallest absolute Gasteiger partial charge is 0.326 e. The van der Waals surface area contributed by atoms with Gasteiger partial charge in [0, 0.05) is 66.4 Å². The number of carboxylic acid groups (broad SMARTS) is 1. The molecule has 0 spiro atoms. The summed E-state index contributed by atoms with van der Waals surface area (Å²) in [5.74, 6) is -5.24. The van der Waals surface area contributed by atoms with Crippen LogP contribution in [-0.4, -0.2) is 156 Å². The minimum Gasteiger partial charge on any atom is -0.480 e.